The number of rotatable bonds is 74. The van der Waals surface area contributed by atoms with Crippen molar-refractivity contribution in [3.05, 3.63) is 24.3 Å². The van der Waals surface area contributed by atoms with Crippen molar-refractivity contribution in [1.82, 2.24) is 0 Å². The number of carbonyl (C=O) groups excluding carboxylic acids is 4. The zero-order valence-corrected chi connectivity index (χ0v) is 63.9. The first-order valence-electron chi connectivity index (χ1n) is 39.3. The Bertz CT molecular complexity index is 1950. The molecule has 6 atom stereocenters. The molecule has 0 saturated heterocycles. The molecule has 0 aliphatic carbocycles. The van der Waals surface area contributed by atoms with Gasteiger partial charge in [0.05, 0.1) is 26.4 Å². The van der Waals surface area contributed by atoms with Crippen LogP contribution in [-0.4, -0.2) is 96.7 Å². The number of phosphoric acid groups is 2. The fourth-order valence-corrected chi connectivity index (χ4v) is 12.8. The molecule has 0 fully saturated rings. The Morgan fingerprint density at radius 2 is 0.615 bits per heavy atom. The summed E-state index contributed by atoms with van der Waals surface area (Å²) in [4.78, 5) is 72.8. The number of aliphatic hydroxyl groups excluding tert-OH is 1. The minimum atomic E-state index is -4.97. The molecule has 19 heteroatoms. The van der Waals surface area contributed by atoms with Crippen molar-refractivity contribution >= 4 is 39.5 Å². The summed E-state index contributed by atoms with van der Waals surface area (Å²) in [6.07, 6.45) is 59.0. The van der Waals surface area contributed by atoms with E-state index in [1.54, 1.807) is 0 Å². The first-order chi connectivity index (χ1) is 46.4. The molecule has 0 radical (unpaired) electrons. The average Bonchev–Trinajstić information content (AvgIpc) is 1.09. The zero-order valence-electron chi connectivity index (χ0n) is 62.2. The van der Waals surface area contributed by atoms with Crippen molar-refractivity contribution < 1.29 is 80.2 Å². The Hall–Kier alpha value is -2.46. The minimum Gasteiger partial charge on any atom is -0.462 e. The Morgan fingerprint density at radius 1 is 0.344 bits per heavy atom. The van der Waals surface area contributed by atoms with Gasteiger partial charge in [0.2, 0.25) is 0 Å². The normalized spacial score (nSPS) is 14.4. The molecule has 0 bridgehead atoms. The van der Waals surface area contributed by atoms with Gasteiger partial charge in [-0.15, -0.1) is 0 Å². The molecular formula is C77H146O17P2. The van der Waals surface area contributed by atoms with Crippen LogP contribution in [0.4, 0.5) is 0 Å². The van der Waals surface area contributed by atoms with E-state index in [0.29, 0.717) is 25.7 Å². The highest BCUT2D eigenvalue weighted by Gasteiger charge is 2.30. The highest BCUT2D eigenvalue weighted by Crippen LogP contribution is 2.45. The van der Waals surface area contributed by atoms with Crippen LogP contribution in [0.1, 0.15) is 375 Å². The van der Waals surface area contributed by atoms with Gasteiger partial charge >= 0.3 is 39.5 Å². The second kappa shape index (κ2) is 68.3. The lowest BCUT2D eigenvalue weighted by Crippen LogP contribution is -2.30. The molecule has 17 nitrogen and oxygen atoms in total. The van der Waals surface area contributed by atoms with Crippen LogP contribution in [0.15, 0.2) is 24.3 Å². The van der Waals surface area contributed by atoms with Gasteiger partial charge in [-0.05, 0) is 63.2 Å². The summed E-state index contributed by atoms with van der Waals surface area (Å²) in [5, 5.41) is 10.6. The third-order valence-electron chi connectivity index (χ3n) is 17.7. The lowest BCUT2D eigenvalue weighted by molar-refractivity contribution is -0.161. The van der Waals surface area contributed by atoms with E-state index in [4.69, 9.17) is 37.0 Å². The van der Waals surface area contributed by atoms with Crippen molar-refractivity contribution in [3.8, 4) is 0 Å². The predicted octanol–water partition coefficient (Wildman–Crippen LogP) is 22.3. The first-order valence-corrected chi connectivity index (χ1v) is 42.3. The average molecular weight is 1410 g/mol. The summed E-state index contributed by atoms with van der Waals surface area (Å²) in [5.41, 5.74) is 0. The van der Waals surface area contributed by atoms with Crippen LogP contribution >= 0.6 is 15.6 Å². The Morgan fingerprint density at radius 3 is 0.938 bits per heavy atom. The molecular weight excluding hydrogens is 1260 g/mol. The zero-order chi connectivity index (χ0) is 70.7. The van der Waals surface area contributed by atoms with Crippen molar-refractivity contribution in [1.29, 1.82) is 0 Å². The summed E-state index contributed by atoms with van der Waals surface area (Å²) < 4.78 is 68.5. The number of carbonyl (C=O) groups is 4. The van der Waals surface area contributed by atoms with Crippen LogP contribution in [-0.2, 0) is 65.4 Å². The van der Waals surface area contributed by atoms with Gasteiger partial charge in [0.15, 0.2) is 12.2 Å². The summed E-state index contributed by atoms with van der Waals surface area (Å²) in [6, 6.07) is 0. The SMILES string of the molecule is CCCCCC/C=C\C=C/CCCCCCCC(=O)OC[C@H](COP(=O)(O)OC[C@@H](O)COP(=O)(O)OC[C@@H](COC(=O)CCCCCCCCC(C)CC)OC(=O)CCCCCCCCCCCCCCC(C)C)OC(=O)CCCCCCCCCCCCCCCCCC. The van der Waals surface area contributed by atoms with Crippen LogP contribution in [0, 0.1) is 11.8 Å². The maximum Gasteiger partial charge on any atom is 0.472 e. The molecule has 3 N–H and O–H groups in total. The second-order valence-electron chi connectivity index (χ2n) is 27.8. The van der Waals surface area contributed by atoms with E-state index in [1.807, 2.05) is 0 Å². The van der Waals surface area contributed by atoms with Crippen LogP contribution in [0.3, 0.4) is 0 Å². The van der Waals surface area contributed by atoms with Gasteiger partial charge in [-0.2, -0.15) is 0 Å². The summed E-state index contributed by atoms with van der Waals surface area (Å²) >= 11 is 0. The molecule has 96 heavy (non-hydrogen) atoms. The van der Waals surface area contributed by atoms with E-state index in [-0.39, 0.29) is 25.7 Å². The van der Waals surface area contributed by atoms with E-state index in [2.05, 4.69) is 65.8 Å². The summed E-state index contributed by atoms with van der Waals surface area (Å²) in [6.45, 7) is 9.51. The van der Waals surface area contributed by atoms with Crippen molar-refractivity contribution in [2.24, 2.45) is 11.8 Å². The van der Waals surface area contributed by atoms with Crippen molar-refractivity contribution in [3.63, 3.8) is 0 Å². The molecule has 0 spiro atoms. The molecule has 0 aromatic rings. The number of allylic oxidation sites excluding steroid dienone is 4. The molecule has 0 aromatic carbocycles. The molecule has 0 saturated carbocycles. The van der Waals surface area contributed by atoms with Crippen molar-refractivity contribution in [2.45, 2.75) is 394 Å². The van der Waals surface area contributed by atoms with Gasteiger partial charge in [0, 0.05) is 25.7 Å². The Balaban J connectivity index is 5.29. The number of esters is 4. The second-order valence-corrected chi connectivity index (χ2v) is 30.7. The molecule has 3 unspecified atom stereocenters. The lowest BCUT2D eigenvalue weighted by atomic mass is 10.00. The van der Waals surface area contributed by atoms with Gasteiger partial charge in [-0.1, -0.05) is 323 Å². The molecule has 0 aliphatic heterocycles. The number of ether oxygens (including phenoxy) is 4. The van der Waals surface area contributed by atoms with E-state index in [9.17, 15) is 43.2 Å². The number of hydrogen-bond acceptors (Lipinski definition) is 15. The van der Waals surface area contributed by atoms with E-state index in [0.717, 1.165) is 127 Å². The predicted molar refractivity (Wildman–Crippen MR) is 391 cm³/mol. The van der Waals surface area contributed by atoms with E-state index in [1.165, 1.54) is 167 Å². The number of unbranched alkanes of at least 4 members (excludes halogenated alkanes) is 40. The maximum atomic E-state index is 13.1. The fourth-order valence-electron chi connectivity index (χ4n) is 11.3. The largest absolute Gasteiger partial charge is 0.472 e. The van der Waals surface area contributed by atoms with E-state index < -0.39 is 97.5 Å². The Kier molecular flexibility index (Phi) is 66.6. The smallest absolute Gasteiger partial charge is 0.462 e. The lowest BCUT2D eigenvalue weighted by Gasteiger charge is -2.21. The molecule has 0 aromatic heterocycles. The van der Waals surface area contributed by atoms with Gasteiger partial charge < -0.3 is 33.8 Å². The number of hydrogen-bond donors (Lipinski definition) is 3. The first kappa shape index (κ1) is 93.5. The topological polar surface area (TPSA) is 237 Å². The minimum absolute atomic E-state index is 0.101. The van der Waals surface area contributed by atoms with Crippen LogP contribution in [0.5, 0.6) is 0 Å². The quantitative estimate of drug-likeness (QED) is 0.0169. The van der Waals surface area contributed by atoms with Crippen LogP contribution in [0.25, 0.3) is 0 Å². The number of aliphatic hydroxyl groups is 1. The summed E-state index contributed by atoms with van der Waals surface area (Å²) in [5.74, 6) is -0.641. The monoisotopic (exact) mass is 1410 g/mol. The highest BCUT2D eigenvalue weighted by atomic mass is 31.2. The molecule has 0 heterocycles. The van der Waals surface area contributed by atoms with E-state index >= 15 is 0 Å². The standard InChI is InChI=1S/C77H146O17P2/c1-7-10-12-14-16-18-20-22-24-26-28-33-37-41-49-55-61-76(81)93-72(65-87-74(79)59-53-47-40-36-32-27-25-23-21-19-17-15-13-11-8-2)67-91-95(83,84)89-63-71(78)64-90-96(85,86)92-68-73(66-88-75(80)60-54-48-44-43-46-52-58-70(6)9-3)94-77(82)62-56-50-42-38-34-30-29-31-35-39-45-51-57-69(4)5/h19,21,23,25,69-73,78H,7-18,20,22,24,26-68H2,1-6H3,(H,83,84)(H,85,86)/b21-19-,25-23-/t70?,71-,72-,73-/m1/s1. The fraction of sp³-hybridized carbons (Fsp3) is 0.896. The molecule has 0 rings (SSSR count). The van der Waals surface area contributed by atoms with Gasteiger partial charge in [-0.25, -0.2) is 9.13 Å². The molecule has 0 amide bonds. The third kappa shape index (κ3) is 68.7. The summed E-state index contributed by atoms with van der Waals surface area (Å²) in [7, 11) is -9.93. The highest BCUT2D eigenvalue weighted by molar-refractivity contribution is 7.47. The number of phosphoric ester groups is 2. The third-order valence-corrected chi connectivity index (χ3v) is 19.6. The van der Waals surface area contributed by atoms with Gasteiger partial charge in [-0.3, -0.25) is 37.3 Å². The van der Waals surface area contributed by atoms with Crippen molar-refractivity contribution in [2.75, 3.05) is 39.6 Å². The van der Waals surface area contributed by atoms with Crippen LogP contribution < -0.4 is 0 Å². The Labute approximate surface area is 586 Å². The maximum absolute atomic E-state index is 13.1. The van der Waals surface area contributed by atoms with Gasteiger partial charge in [0.1, 0.15) is 19.3 Å². The molecule has 0 aliphatic rings. The van der Waals surface area contributed by atoms with Crippen LogP contribution in [0.2, 0.25) is 0 Å². The molecule has 566 valence electrons. The van der Waals surface area contributed by atoms with Gasteiger partial charge in [0.25, 0.3) is 0 Å².